The van der Waals surface area contributed by atoms with Crippen LogP contribution in [-0.2, 0) is 11.8 Å². The fraction of sp³-hybridized carbons (Fsp3) is 0.625. The first-order valence-corrected chi connectivity index (χ1v) is 6.89. The predicted molar refractivity (Wildman–Crippen MR) is 80.2 cm³/mol. The Kier molecular flexibility index (Phi) is 5.67. The van der Waals surface area contributed by atoms with E-state index in [9.17, 15) is 0 Å². The van der Waals surface area contributed by atoms with Gasteiger partial charge < -0.3 is 15.2 Å². The lowest BCUT2D eigenvalue weighted by molar-refractivity contribution is 0.350. The van der Waals surface area contributed by atoms with E-state index in [1.165, 1.54) is 11.1 Å². The Morgan fingerprint density at radius 2 is 1.74 bits per heavy atom. The van der Waals surface area contributed by atoms with Crippen LogP contribution in [0.5, 0.6) is 11.5 Å². The van der Waals surface area contributed by atoms with E-state index in [4.69, 9.17) is 15.2 Å². The number of benzene rings is 1. The number of unbranched alkanes of at least 4 members (excludes halogenated alkanes) is 1. The molecule has 108 valence electrons. The van der Waals surface area contributed by atoms with Gasteiger partial charge in [0.15, 0.2) is 11.5 Å². The van der Waals surface area contributed by atoms with E-state index in [2.05, 4.69) is 32.9 Å². The van der Waals surface area contributed by atoms with Gasteiger partial charge >= 0.3 is 0 Å². The van der Waals surface area contributed by atoms with Crippen molar-refractivity contribution in [2.75, 3.05) is 20.8 Å². The number of ether oxygens (including phenoxy) is 2. The first-order chi connectivity index (χ1) is 8.93. The van der Waals surface area contributed by atoms with Crippen LogP contribution in [0.25, 0.3) is 0 Å². The molecule has 0 atom stereocenters. The number of rotatable bonds is 6. The molecule has 0 heterocycles. The van der Waals surface area contributed by atoms with Gasteiger partial charge in [0.05, 0.1) is 14.2 Å². The highest BCUT2D eigenvalue weighted by atomic mass is 16.5. The molecule has 0 saturated heterocycles. The van der Waals surface area contributed by atoms with Crippen LogP contribution in [0.1, 0.15) is 44.7 Å². The van der Waals surface area contributed by atoms with E-state index < -0.39 is 0 Å². The maximum atomic E-state index is 5.56. The average molecular weight is 265 g/mol. The van der Waals surface area contributed by atoms with Gasteiger partial charge in [0.2, 0.25) is 0 Å². The van der Waals surface area contributed by atoms with Crippen LogP contribution in [0.15, 0.2) is 12.1 Å². The third-order valence-corrected chi connectivity index (χ3v) is 3.32. The molecule has 0 aromatic heterocycles. The van der Waals surface area contributed by atoms with Crippen molar-refractivity contribution in [3.05, 3.63) is 23.3 Å². The fourth-order valence-electron chi connectivity index (χ4n) is 2.12. The minimum atomic E-state index is 0.0994. The van der Waals surface area contributed by atoms with E-state index in [0.717, 1.165) is 37.3 Å². The van der Waals surface area contributed by atoms with Gasteiger partial charge in [0, 0.05) is 0 Å². The maximum Gasteiger partial charge on any atom is 0.163 e. The van der Waals surface area contributed by atoms with Crippen molar-refractivity contribution in [2.45, 2.75) is 45.4 Å². The Morgan fingerprint density at radius 3 is 2.21 bits per heavy atom. The van der Waals surface area contributed by atoms with E-state index in [1.54, 1.807) is 14.2 Å². The Hall–Kier alpha value is -1.22. The molecule has 1 rings (SSSR count). The Bertz CT molecular complexity index is 408. The summed E-state index contributed by atoms with van der Waals surface area (Å²) >= 11 is 0. The smallest absolute Gasteiger partial charge is 0.163 e. The number of aryl methyl sites for hydroxylation is 1. The van der Waals surface area contributed by atoms with E-state index >= 15 is 0 Å². The molecule has 0 radical (unpaired) electrons. The summed E-state index contributed by atoms with van der Waals surface area (Å²) in [5.41, 5.74) is 8.14. The van der Waals surface area contributed by atoms with Crippen molar-refractivity contribution in [3.63, 3.8) is 0 Å². The summed E-state index contributed by atoms with van der Waals surface area (Å²) in [7, 11) is 3.38. The van der Waals surface area contributed by atoms with E-state index in [1.807, 2.05) is 0 Å². The van der Waals surface area contributed by atoms with Gasteiger partial charge in [0.25, 0.3) is 0 Å². The highest BCUT2D eigenvalue weighted by molar-refractivity contribution is 5.51. The van der Waals surface area contributed by atoms with Crippen LogP contribution >= 0.6 is 0 Å². The van der Waals surface area contributed by atoms with Crippen molar-refractivity contribution >= 4 is 0 Å². The first-order valence-electron chi connectivity index (χ1n) is 6.89. The number of hydrogen-bond acceptors (Lipinski definition) is 3. The molecule has 0 saturated carbocycles. The van der Waals surface area contributed by atoms with E-state index in [0.29, 0.717) is 0 Å². The number of methoxy groups -OCH3 is 2. The molecule has 1 aromatic carbocycles. The van der Waals surface area contributed by atoms with Crippen molar-refractivity contribution in [1.82, 2.24) is 0 Å². The molecule has 0 aliphatic carbocycles. The molecule has 0 bridgehead atoms. The largest absolute Gasteiger partial charge is 0.493 e. The highest BCUT2D eigenvalue weighted by Gasteiger charge is 2.19. The molecule has 0 unspecified atom stereocenters. The maximum absolute atomic E-state index is 5.56. The average Bonchev–Trinajstić information content (AvgIpc) is 2.36. The van der Waals surface area contributed by atoms with Gasteiger partial charge in [-0.15, -0.1) is 0 Å². The molecule has 0 spiro atoms. The minimum Gasteiger partial charge on any atom is -0.493 e. The normalized spacial score (nSPS) is 11.5. The van der Waals surface area contributed by atoms with Gasteiger partial charge in [-0.3, -0.25) is 0 Å². The van der Waals surface area contributed by atoms with Crippen LogP contribution in [-0.4, -0.2) is 20.8 Å². The lowest BCUT2D eigenvalue weighted by Gasteiger charge is -2.23. The second-order valence-corrected chi connectivity index (χ2v) is 5.87. The van der Waals surface area contributed by atoms with Gasteiger partial charge in [-0.25, -0.2) is 0 Å². The zero-order valence-corrected chi connectivity index (χ0v) is 12.9. The van der Waals surface area contributed by atoms with Crippen LogP contribution in [0.4, 0.5) is 0 Å². The van der Waals surface area contributed by atoms with Crippen LogP contribution < -0.4 is 15.2 Å². The van der Waals surface area contributed by atoms with Crippen molar-refractivity contribution in [2.24, 2.45) is 5.73 Å². The third kappa shape index (κ3) is 4.13. The quantitative estimate of drug-likeness (QED) is 0.803. The molecule has 2 N–H and O–H groups in total. The van der Waals surface area contributed by atoms with Crippen molar-refractivity contribution in [1.29, 1.82) is 0 Å². The Balaban J connectivity index is 3.16. The molecule has 19 heavy (non-hydrogen) atoms. The summed E-state index contributed by atoms with van der Waals surface area (Å²) in [4.78, 5) is 0. The molecular formula is C16H27NO2. The molecule has 0 aliphatic heterocycles. The molecule has 3 heteroatoms. The molecule has 0 aliphatic rings. The molecular weight excluding hydrogens is 238 g/mol. The second kappa shape index (κ2) is 6.80. The van der Waals surface area contributed by atoms with E-state index in [-0.39, 0.29) is 5.41 Å². The molecule has 0 amide bonds. The van der Waals surface area contributed by atoms with Gasteiger partial charge in [-0.05, 0) is 48.4 Å². The van der Waals surface area contributed by atoms with Crippen LogP contribution in [0, 0.1) is 0 Å². The van der Waals surface area contributed by atoms with Crippen molar-refractivity contribution < 1.29 is 9.47 Å². The molecule has 0 fully saturated rings. The standard InChI is InChI=1S/C16H27NO2/c1-16(2,3)13-10-12(8-6-7-9-17)15(19-5)14(11-13)18-4/h10-11H,6-9,17H2,1-5H3. The third-order valence-electron chi connectivity index (χ3n) is 3.32. The minimum absolute atomic E-state index is 0.0994. The van der Waals surface area contributed by atoms with Crippen LogP contribution in [0.2, 0.25) is 0 Å². The monoisotopic (exact) mass is 265 g/mol. The molecule has 3 nitrogen and oxygen atoms in total. The summed E-state index contributed by atoms with van der Waals surface area (Å²) in [5, 5.41) is 0. The fourth-order valence-corrected chi connectivity index (χ4v) is 2.12. The highest BCUT2D eigenvalue weighted by Crippen LogP contribution is 2.37. The summed E-state index contributed by atoms with van der Waals surface area (Å²) in [6.45, 7) is 7.35. The van der Waals surface area contributed by atoms with Crippen LogP contribution in [0.3, 0.4) is 0 Å². The second-order valence-electron chi connectivity index (χ2n) is 5.87. The molecule has 1 aromatic rings. The summed E-state index contributed by atoms with van der Waals surface area (Å²) in [5.74, 6) is 1.67. The lowest BCUT2D eigenvalue weighted by Crippen LogP contribution is -2.12. The van der Waals surface area contributed by atoms with Gasteiger partial charge in [-0.1, -0.05) is 26.8 Å². The first kappa shape index (κ1) is 15.8. The Morgan fingerprint density at radius 1 is 1.05 bits per heavy atom. The number of nitrogens with two attached hydrogens (primary N) is 1. The predicted octanol–water partition coefficient (Wildman–Crippen LogP) is 3.28. The van der Waals surface area contributed by atoms with Gasteiger partial charge in [-0.2, -0.15) is 0 Å². The zero-order chi connectivity index (χ0) is 14.5. The van der Waals surface area contributed by atoms with Crippen molar-refractivity contribution in [3.8, 4) is 11.5 Å². The lowest BCUT2D eigenvalue weighted by atomic mass is 9.85. The zero-order valence-electron chi connectivity index (χ0n) is 12.9. The summed E-state index contributed by atoms with van der Waals surface area (Å²) < 4.78 is 11.0. The SMILES string of the molecule is COc1cc(C(C)(C)C)cc(CCCCN)c1OC. The Labute approximate surface area is 117 Å². The topological polar surface area (TPSA) is 44.5 Å². The van der Waals surface area contributed by atoms with Gasteiger partial charge in [0.1, 0.15) is 0 Å². The summed E-state index contributed by atoms with van der Waals surface area (Å²) in [6.07, 6.45) is 3.08. The number of hydrogen-bond donors (Lipinski definition) is 1. The summed E-state index contributed by atoms with van der Waals surface area (Å²) in [6, 6.07) is 4.31.